The van der Waals surface area contributed by atoms with Crippen LogP contribution in [0.25, 0.3) is 11.8 Å². The third-order valence-corrected chi connectivity index (χ3v) is 7.93. The fourth-order valence-corrected chi connectivity index (χ4v) is 6.04. The number of phenols is 1. The molecule has 1 N–H and O–H groups in total. The van der Waals surface area contributed by atoms with E-state index in [1.165, 1.54) is 11.3 Å². The van der Waals surface area contributed by atoms with Crippen LogP contribution in [0.1, 0.15) is 42.1 Å². The van der Waals surface area contributed by atoms with E-state index in [9.17, 15) is 14.7 Å². The number of carbonyl (C=O) groups is 1. The summed E-state index contributed by atoms with van der Waals surface area (Å²) in [6, 6.07) is 19.4. The van der Waals surface area contributed by atoms with E-state index in [1.807, 2.05) is 49.4 Å². The number of hydrogen-bond acceptors (Lipinski definition) is 8. The number of allylic oxidation sites excluding steroid dienone is 1. The van der Waals surface area contributed by atoms with Crippen molar-refractivity contribution in [3.8, 4) is 17.2 Å². The van der Waals surface area contributed by atoms with E-state index in [0.717, 1.165) is 5.56 Å². The van der Waals surface area contributed by atoms with Gasteiger partial charge in [-0.05, 0) is 61.7 Å². The molecule has 0 bridgehead atoms. The summed E-state index contributed by atoms with van der Waals surface area (Å²) in [4.78, 5) is 33.1. The van der Waals surface area contributed by atoms with Crippen LogP contribution in [0, 0.1) is 0 Å². The lowest BCUT2D eigenvalue weighted by Gasteiger charge is -2.26. The van der Waals surface area contributed by atoms with Crippen molar-refractivity contribution in [2.24, 2.45) is 4.99 Å². The number of hydrogen-bond donors (Lipinski definition) is 1. The van der Waals surface area contributed by atoms with Crippen molar-refractivity contribution < 1.29 is 24.1 Å². The van der Waals surface area contributed by atoms with Gasteiger partial charge in [-0.3, -0.25) is 9.36 Å². The Morgan fingerprint density at radius 1 is 1.09 bits per heavy atom. The number of thiazole rings is 1. The maximum absolute atomic E-state index is 14.2. The largest absolute Gasteiger partial charge is 0.504 e. The first-order chi connectivity index (χ1) is 20.9. The molecule has 1 aromatic heterocycles. The number of benzene rings is 3. The summed E-state index contributed by atoms with van der Waals surface area (Å²) < 4.78 is 18.5. The van der Waals surface area contributed by atoms with Crippen LogP contribution in [0.4, 0.5) is 0 Å². The molecule has 4 aromatic rings. The summed E-state index contributed by atoms with van der Waals surface area (Å²) in [5.74, 6) is 0.474. The van der Waals surface area contributed by atoms with Gasteiger partial charge in [-0.25, -0.2) is 9.79 Å². The van der Waals surface area contributed by atoms with Crippen LogP contribution in [-0.2, 0) is 16.0 Å². The molecule has 1 atom stereocenters. The van der Waals surface area contributed by atoms with Crippen molar-refractivity contribution >= 4 is 29.1 Å². The molecule has 0 amide bonds. The first-order valence-corrected chi connectivity index (χ1v) is 14.7. The van der Waals surface area contributed by atoms with E-state index in [1.54, 1.807) is 55.0 Å². The minimum Gasteiger partial charge on any atom is -0.504 e. The lowest BCUT2D eigenvalue weighted by molar-refractivity contribution is -0.138. The Labute approximate surface area is 253 Å². The summed E-state index contributed by atoms with van der Waals surface area (Å²) in [7, 11) is 1.58. The van der Waals surface area contributed by atoms with Crippen molar-refractivity contribution in [2.75, 3.05) is 20.3 Å². The number of rotatable bonds is 10. The number of phenolic OH excluding ortho intramolecular Hbond substituents is 1. The molecule has 220 valence electrons. The van der Waals surface area contributed by atoms with Gasteiger partial charge in [0.05, 0.1) is 42.2 Å². The maximum Gasteiger partial charge on any atom is 0.338 e. The molecular weight excluding hydrogens is 564 g/mol. The fraction of sp³-hybridized carbons (Fsp3) is 0.206. The zero-order chi connectivity index (χ0) is 30.5. The van der Waals surface area contributed by atoms with Gasteiger partial charge in [0.25, 0.3) is 5.56 Å². The zero-order valence-corrected chi connectivity index (χ0v) is 25.0. The van der Waals surface area contributed by atoms with Crippen molar-refractivity contribution in [1.82, 2.24) is 4.57 Å². The summed E-state index contributed by atoms with van der Waals surface area (Å²) in [5.41, 5.74) is 3.16. The Hall–Kier alpha value is -4.89. The van der Waals surface area contributed by atoms with Gasteiger partial charge in [0.1, 0.15) is 5.75 Å². The topological polar surface area (TPSA) is 99.4 Å². The van der Waals surface area contributed by atoms with E-state index < -0.39 is 12.0 Å². The van der Waals surface area contributed by atoms with Crippen LogP contribution >= 0.6 is 11.3 Å². The molecule has 8 nitrogen and oxygen atoms in total. The molecule has 5 rings (SSSR count). The summed E-state index contributed by atoms with van der Waals surface area (Å²) >= 11 is 1.22. The smallest absolute Gasteiger partial charge is 0.338 e. The molecule has 1 aliphatic heterocycles. The number of aromatic hydroxyl groups is 1. The van der Waals surface area contributed by atoms with Crippen molar-refractivity contribution in [3.63, 3.8) is 0 Å². The monoisotopic (exact) mass is 596 g/mol. The first kappa shape index (κ1) is 29.6. The lowest BCUT2D eigenvalue weighted by Crippen LogP contribution is -2.40. The van der Waals surface area contributed by atoms with E-state index in [2.05, 4.69) is 6.58 Å². The third kappa shape index (κ3) is 5.89. The molecule has 0 spiro atoms. The number of carbonyl (C=O) groups excluding carboxylic acids is 1. The average molecular weight is 597 g/mol. The predicted molar refractivity (Wildman–Crippen MR) is 167 cm³/mol. The number of aromatic nitrogens is 1. The second-order valence-corrected chi connectivity index (χ2v) is 10.7. The predicted octanol–water partition coefficient (Wildman–Crippen LogP) is 4.78. The number of esters is 1. The lowest BCUT2D eigenvalue weighted by atomic mass is 9.93. The van der Waals surface area contributed by atoms with Gasteiger partial charge >= 0.3 is 5.97 Å². The van der Waals surface area contributed by atoms with Crippen LogP contribution in [0.3, 0.4) is 0 Å². The van der Waals surface area contributed by atoms with E-state index in [4.69, 9.17) is 19.2 Å². The Kier molecular flexibility index (Phi) is 8.92. The molecule has 2 heterocycles. The molecular formula is C34H32N2O6S. The van der Waals surface area contributed by atoms with Gasteiger partial charge in [-0.2, -0.15) is 0 Å². The second-order valence-electron chi connectivity index (χ2n) is 9.66. The van der Waals surface area contributed by atoms with Gasteiger partial charge < -0.3 is 19.3 Å². The Morgan fingerprint density at radius 2 is 1.84 bits per heavy atom. The van der Waals surface area contributed by atoms with Crippen molar-refractivity contribution in [3.05, 3.63) is 127 Å². The molecule has 0 saturated heterocycles. The number of methoxy groups -OCH3 is 1. The number of ether oxygens (including phenoxy) is 3. The minimum absolute atomic E-state index is 0.0476. The minimum atomic E-state index is -0.798. The molecule has 3 aromatic carbocycles. The highest BCUT2D eigenvalue weighted by Gasteiger charge is 2.35. The van der Waals surface area contributed by atoms with Crippen molar-refractivity contribution in [2.45, 2.75) is 26.3 Å². The Balaban J connectivity index is 1.79. The molecule has 0 radical (unpaired) electrons. The van der Waals surface area contributed by atoms with Gasteiger partial charge in [-0.1, -0.05) is 59.9 Å². The standard InChI is InChI=1S/C34H32N2O6S/c1-5-11-24-18-21(19-26(31(24)37)41-6-2)20-27-32(38)36-30(23-14-16-25(40-4)17-15-23)28(33(39)42-7-3)29(35-34(36)43-27)22-12-9-8-10-13-22/h5,8-10,12-20,30,37H,1,6-7,11H2,2-4H3/b27-20+/t30-/m1/s1. The molecule has 9 heteroatoms. The Bertz CT molecular complexity index is 1870. The van der Waals surface area contributed by atoms with Gasteiger partial charge in [-0.15, -0.1) is 6.58 Å². The number of nitrogens with zero attached hydrogens (tertiary/aromatic N) is 2. The normalized spacial score (nSPS) is 14.6. The molecule has 1 aliphatic rings. The highest BCUT2D eigenvalue weighted by molar-refractivity contribution is 7.07. The van der Waals surface area contributed by atoms with Gasteiger partial charge in [0, 0.05) is 11.1 Å². The summed E-state index contributed by atoms with van der Waals surface area (Å²) in [6.07, 6.45) is 3.87. The van der Waals surface area contributed by atoms with E-state index in [-0.39, 0.29) is 23.5 Å². The van der Waals surface area contributed by atoms with Crippen LogP contribution in [0.5, 0.6) is 17.2 Å². The van der Waals surface area contributed by atoms with Crippen LogP contribution < -0.4 is 24.4 Å². The summed E-state index contributed by atoms with van der Waals surface area (Å²) in [6.45, 7) is 7.90. The highest BCUT2D eigenvalue weighted by Crippen LogP contribution is 2.36. The van der Waals surface area contributed by atoms with Crippen molar-refractivity contribution in [1.29, 1.82) is 0 Å². The van der Waals surface area contributed by atoms with Crippen LogP contribution in [0.2, 0.25) is 0 Å². The molecule has 0 aliphatic carbocycles. The van der Waals surface area contributed by atoms with Gasteiger partial charge in [0.2, 0.25) is 0 Å². The second kappa shape index (κ2) is 13.0. The molecule has 0 fully saturated rings. The van der Waals surface area contributed by atoms with Crippen LogP contribution in [0.15, 0.2) is 94.7 Å². The fourth-order valence-electron chi connectivity index (χ4n) is 5.04. The quantitative estimate of drug-likeness (QED) is 0.209. The average Bonchev–Trinajstić information content (AvgIpc) is 3.33. The zero-order valence-electron chi connectivity index (χ0n) is 24.2. The third-order valence-electron chi connectivity index (χ3n) is 6.94. The molecule has 43 heavy (non-hydrogen) atoms. The molecule has 0 saturated carbocycles. The highest BCUT2D eigenvalue weighted by atomic mass is 32.1. The first-order valence-electron chi connectivity index (χ1n) is 13.9. The van der Waals surface area contributed by atoms with Crippen LogP contribution in [-0.4, -0.2) is 36.0 Å². The van der Waals surface area contributed by atoms with E-state index in [0.29, 0.717) is 56.2 Å². The molecule has 0 unspecified atom stereocenters. The van der Waals surface area contributed by atoms with Gasteiger partial charge in [0.15, 0.2) is 16.3 Å². The number of fused-ring (bicyclic) bond motifs is 1. The van der Waals surface area contributed by atoms with E-state index >= 15 is 0 Å². The maximum atomic E-state index is 14.2. The SMILES string of the molecule is C=CCc1cc(/C=c2/sc3n(c2=O)[C@H](c2ccc(OC)cc2)C(C(=O)OCC)=C(c2ccccc2)N=3)cc(OCC)c1O. The Morgan fingerprint density at radius 3 is 2.49 bits per heavy atom. The summed E-state index contributed by atoms with van der Waals surface area (Å²) in [5, 5.41) is 10.7.